The number of likely N-dealkylation sites (tertiary alicyclic amines) is 1. The van der Waals surface area contributed by atoms with Crippen molar-refractivity contribution in [2.45, 2.75) is 18.9 Å². The quantitative estimate of drug-likeness (QED) is 0.875. The normalized spacial score (nSPS) is 15.8. The molecule has 0 unspecified atom stereocenters. The van der Waals surface area contributed by atoms with Crippen LogP contribution in [0.5, 0.6) is 5.75 Å². The van der Waals surface area contributed by atoms with Gasteiger partial charge in [0.15, 0.2) is 0 Å². The van der Waals surface area contributed by atoms with E-state index in [2.05, 4.69) is 10.2 Å². The maximum Gasteiger partial charge on any atom is 0.254 e. The molecule has 1 aliphatic rings. The zero-order valence-corrected chi connectivity index (χ0v) is 14.4. The largest absolute Gasteiger partial charge is 0.497 e. The van der Waals surface area contributed by atoms with E-state index in [0.29, 0.717) is 6.54 Å². The van der Waals surface area contributed by atoms with Crippen LogP contribution < -0.4 is 10.1 Å². The van der Waals surface area contributed by atoms with E-state index >= 15 is 0 Å². The van der Waals surface area contributed by atoms with Gasteiger partial charge in [-0.2, -0.15) is 0 Å². The molecule has 0 aliphatic carbocycles. The number of nitrogens with one attached hydrogen (secondary N) is 1. The van der Waals surface area contributed by atoms with E-state index in [1.807, 2.05) is 24.3 Å². The lowest BCUT2D eigenvalue weighted by atomic mass is 10.0. The van der Waals surface area contributed by atoms with Crippen molar-refractivity contribution >= 4 is 5.91 Å². The topological polar surface area (TPSA) is 41.6 Å². The van der Waals surface area contributed by atoms with Gasteiger partial charge in [0.2, 0.25) is 0 Å². The Morgan fingerprint density at radius 3 is 2.48 bits per heavy atom. The molecular formula is C20H23FN2O2. The summed E-state index contributed by atoms with van der Waals surface area (Å²) in [5.74, 6) is -0.0720. The van der Waals surface area contributed by atoms with Crippen molar-refractivity contribution < 1.29 is 13.9 Å². The molecule has 0 radical (unpaired) electrons. The van der Waals surface area contributed by atoms with Crippen LogP contribution in [0.25, 0.3) is 0 Å². The van der Waals surface area contributed by atoms with E-state index < -0.39 is 5.82 Å². The lowest BCUT2D eigenvalue weighted by Crippen LogP contribution is -2.37. The molecule has 1 aliphatic heterocycles. The molecule has 2 aromatic carbocycles. The van der Waals surface area contributed by atoms with Crippen molar-refractivity contribution in [2.75, 3.05) is 26.7 Å². The molecule has 1 fully saturated rings. The van der Waals surface area contributed by atoms with E-state index in [0.717, 1.165) is 37.2 Å². The molecule has 4 nitrogen and oxygen atoms in total. The molecule has 1 amide bonds. The SMILES string of the molecule is COc1ccc([C@H](CNC(=O)c2ccccc2F)N2CCCC2)cc1. The first-order valence-corrected chi connectivity index (χ1v) is 8.60. The van der Waals surface area contributed by atoms with E-state index in [1.54, 1.807) is 19.2 Å². The van der Waals surface area contributed by atoms with Crippen molar-refractivity contribution in [1.82, 2.24) is 10.2 Å². The average Bonchev–Trinajstić information content (AvgIpc) is 3.17. The van der Waals surface area contributed by atoms with Crippen LogP contribution in [-0.2, 0) is 0 Å². The Morgan fingerprint density at radius 1 is 1.16 bits per heavy atom. The Morgan fingerprint density at radius 2 is 1.84 bits per heavy atom. The van der Waals surface area contributed by atoms with Crippen molar-refractivity contribution in [3.63, 3.8) is 0 Å². The highest BCUT2D eigenvalue weighted by atomic mass is 19.1. The van der Waals surface area contributed by atoms with E-state index in [4.69, 9.17) is 4.74 Å². The summed E-state index contributed by atoms with van der Waals surface area (Å²) in [6, 6.07) is 14.0. The standard InChI is InChI=1S/C20H23FN2O2/c1-25-16-10-8-15(9-11-16)19(23-12-4-5-13-23)14-22-20(24)17-6-2-3-7-18(17)21/h2-3,6-11,19H,4-5,12-14H2,1H3,(H,22,24)/t19-/m0/s1. The molecular weight excluding hydrogens is 319 g/mol. The molecule has 1 N–H and O–H groups in total. The summed E-state index contributed by atoms with van der Waals surface area (Å²) in [4.78, 5) is 14.7. The van der Waals surface area contributed by atoms with Crippen molar-refractivity contribution in [3.8, 4) is 5.75 Å². The average molecular weight is 342 g/mol. The lowest BCUT2D eigenvalue weighted by molar-refractivity contribution is 0.0934. The van der Waals surface area contributed by atoms with Gasteiger partial charge in [0.05, 0.1) is 18.7 Å². The first kappa shape index (κ1) is 17.4. The number of halogens is 1. The number of rotatable bonds is 6. The van der Waals surface area contributed by atoms with Gasteiger partial charge in [-0.25, -0.2) is 4.39 Å². The van der Waals surface area contributed by atoms with E-state index in [1.165, 1.54) is 12.1 Å². The minimum atomic E-state index is -0.498. The molecule has 1 heterocycles. The monoisotopic (exact) mass is 342 g/mol. The molecule has 132 valence electrons. The van der Waals surface area contributed by atoms with Crippen LogP contribution >= 0.6 is 0 Å². The van der Waals surface area contributed by atoms with Gasteiger partial charge >= 0.3 is 0 Å². The van der Waals surface area contributed by atoms with Crippen LogP contribution in [0.3, 0.4) is 0 Å². The lowest BCUT2D eigenvalue weighted by Gasteiger charge is -2.28. The third kappa shape index (κ3) is 4.17. The van der Waals surface area contributed by atoms with Crippen LogP contribution in [-0.4, -0.2) is 37.6 Å². The molecule has 0 aromatic heterocycles. The molecule has 2 aromatic rings. The van der Waals surface area contributed by atoms with Gasteiger partial charge < -0.3 is 10.1 Å². The van der Waals surface area contributed by atoms with Crippen molar-refractivity contribution in [3.05, 3.63) is 65.5 Å². The van der Waals surface area contributed by atoms with Crippen LogP contribution in [0.4, 0.5) is 4.39 Å². The number of hydrogen-bond donors (Lipinski definition) is 1. The number of hydrogen-bond acceptors (Lipinski definition) is 3. The Labute approximate surface area is 147 Å². The first-order valence-electron chi connectivity index (χ1n) is 8.60. The fourth-order valence-corrected chi connectivity index (χ4v) is 3.27. The van der Waals surface area contributed by atoms with E-state index in [9.17, 15) is 9.18 Å². The predicted octanol–water partition coefficient (Wildman–Crippen LogP) is 3.40. The summed E-state index contributed by atoms with van der Waals surface area (Å²) < 4.78 is 19.0. The number of nitrogens with zero attached hydrogens (tertiary/aromatic N) is 1. The minimum Gasteiger partial charge on any atom is -0.497 e. The van der Waals surface area contributed by atoms with Gasteiger partial charge in [-0.15, -0.1) is 0 Å². The number of carbonyl (C=O) groups is 1. The van der Waals surface area contributed by atoms with Gasteiger partial charge in [-0.05, 0) is 55.8 Å². The molecule has 1 atom stereocenters. The smallest absolute Gasteiger partial charge is 0.254 e. The van der Waals surface area contributed by atoms with Gasteiger partial charge in [-0.1, -0.05) is 24.3 Å². The number of carbonyl (C=O) groups excluding carboxylic acids is 1. The second-order valence-corrected chi connectivity index (χ2v) is 6.22. The highest BCUT2D eigenvalue weighted by Gasteiger charge is 2.24. The Kier molecular flexibility index (Phi) is 5.66. The summed E-state index contributed by atoms with van der Waals surface area (Å²) in [5, 5.41) is 2.89. The number of benzene rings is 2. The Balaban J connectivity index is 1.73. The van der Waals surface area contributed by atoms with Crippen molar-refractivity contribution in [1.29, 1.82) is 0 Å². The van der Waals surface area contributed by atoms with Gasteiger partial charge in [0.25, 0.3) is 5.91 Å². The predicted molar refractivity (Wildman–Crippen MR) is 95.3 cm³/mol. The summed E-state index contributed by atoms with van der Waals surface area (Å²) in [6.07, 6.45) is 2.32. The summed E-state index contributed by atoms with van der Waals surface area (Å²) >= 11 is 0. The third-order valence-corrected chi connectivity index (χ3v) is 4.66. The van der Waals surface area contributed by atoms with Crippen LogP contribution in [0.2, 0.25) is 0 Å². The fraction of sp³-hybridized carbons (Fsp3) is 0.350. The minimum absolute atomic E-state index is 0.0733. The molecule has 1 saturated heterocycles. The van der Waals surface area contributed by atoms with E-state index in [-0.39, 0.29) is 17.5 Å². The summed E-state index contributed by atoms with van der Waals surface area (Å²) in [7, 11) is 1.64. The molecule has 25 heavy (non-hydrogen) atoms. The highest BCUT2D eigenvalue weighted by molar-refractivity contribution is 5.94. The van der Waals surface area contributed by atoms with Crippen molar-refractivity contribution in [2.24, 2.45) is 0 Å². The van der Waals surface area contributed by atoms with Gasteiger partial charge in [0.1, 0.15) is 11.6 Å². The number of methoxy groups -OCH3 is 1. The third-order valence-electron chi connectivity index (χ3n) is 4.66. The highest BCUT2D eigenvalue weighted by Crippen LogP contribution is 2.26. The molecule has 5 heteroatoms. The molecule has 3 rings (SSSR count). The molecule has 0 saturated carbocycles. The Bertz CT molecular complexity index is 712. The fourth-order valence-electron chi connectivity index (χ4n) is 3.27. The summed E-state index contributed by atoms with van der Waals surface area (Å²) in [5.41, 5.74) is 1.20. The maximum atomic E-state index is 13.8. The zero-order valence-electron chi connectivity index (χ0n) is 14.4. The first-order chi connectivity index (χ1) is 12.2. The summed E-state index contributed by atoms with van der Waals surface area (Å²) in [6.45, 7) is 2.46. The maximum absolute atomic E-state index is 13.8. The van der Waals surface area contributed by atoms with Crippen LogP contribution in [0, 0.1) is 5.82 Å². The zero-order chi connectivity index (χ0) is 17.6. The molecule has 0 bridgehead atoms. The second-order valence-electron chi connectivity index (χ2n) is 6.22. The van der Waals surface area contributed by atoms with Crippen LogP contribution in [0.1, 0.15) is 34.8 Å². The van der Waals surface area contributed by atoms with Gasteiger partial charge in [-0.3, -0.25) is 9.69 Å². The number of ether oxygens (including phenoxy) is 1. The Hall–Kier alpha value is -2.40. The second kappa shape index (κ2) is 8.12. The van der Waals surface area contributed by atoms with Gasteiger partial charge in [0, 0.05) is 6.54 Å². The molecule has 0 spiro atoms. The van der Waals surface area contributed by atoms with Crippen LogP contribution in [0.15, 0.2) is 48.5 Å². The number of amides is 1.